The molecule has 0 unspecified atom stereocenters. The number of nitro benzene ring substituents is 1. The number of likely N-dealkylation sites (tertiary alicyclic amines) is 1. The van der Waals surface area contributed by atoms with Gasteiger partial charge in [0.05, 0.1) is 29.5 Å². The summed E-state index contributed by atoms with van der Waals surface area (Å²) in [6.07, 6.45) is -1.06. The molecule has 1 N–H and O–H groups in total. The van der Waals surface area contributed by atoms with Crippen LogP contribution in [0.4, 0.5) is 10.5 Å². The van der Waals surface area contributed by atoms with Gasteiger partial charge in [0, 0.05) is 6.07 Å². The van der Waals surface area contributed by atoms with Crippen LogP contribution in [0.1, 0.15) is 27.2 Å². The van der Waals surface area contributed by atoms with Crippen LogP contribution in [0.15, 0.2) is 18.2 Å². The van der Waals surface area contributed by atoms with E-state index in [1.165, 1.54) is 23.1 Å². The van der Waals surface area contributed by atoms with E-state index in [4.69, 9.17) is 26.2 Å². The maximum Gasteiger partial charge on any atom is 0.410 e. The lowest BCUT2D eigenvalue weighted by Crippen LogP contribution is -2.67. The highest BCUT2D eigenvalue weighted by Crippen LogP contribution is 2.40. The van der Waals surface area contributed by atoms with E-state index in [0.29, 0.717) is 0 Å². The number of carbonyl (C=O) groups excluding carboxylic acids is 1. The predicted molar refractivity (Wildman–Crippen MR) is 91.5 cm³/mol. The van der Waals surface area contributed by atoms with E-state index in [9.17, 15) is 19.7 Å². The first-order chi connectivity index (χ1) is 11.9. The number of carbonyl (C=O) groups is 2. The third-order valence-electron chi connectivity index (χ3n) is 3.54. The molecule has 1 saturated heterocycles. The molecule has 1 amide bonds. The number of hydrogen-bond donors (Lipinski definition) is 1. The number of amides is 1. The number of para-hydroxylation sites is 1. The van der Waals surface area contributed by atoms with Gasteiger partial charge in [0.2, 0.25) is 5.75 Å². The monoisotopic (exact) mass is 386 g/mol. The predicted octanol–water partition coefficient (Wildman–Crippen LogP) is 3.09. The Bertz CT molecular complexity index is 739. The number of hydrogen-bond acceptors (Lipinski definition) is 6. The Hall–Kier alpha value is -2.55. The van der Waals surface area contributed by atoms with Crippen LogP contribution in [0.3, 0.4) is 0 Å². The number of nitrogens with zero attached hydrogens (tertiary/aromatic N) is 2. The van der Waals surface area contributed by atoms with Crippen molar-refractivity contribution in [3.8, 4) is 5.75 Å². The first kappa shape index (κ1) is 19.8. The Kier molecular flexibility index (Phi) is 5.31. The van der Waals surface area contributed by atoms with Crippen LogP contribution in [-0.2, 0) is 9.53 Å². The lowest BCUT2D eigenvalue weighted by Gasteiger charge is -2.48. The van der Waals surface area contributed by atoms with Gasteiger partial charge >= 0.3 is 17.7 Å². The molecule has 1 fully saturated rings. The maximum absolute atomic E-state index is 12.1. The van der Waals surface area contributed by atoms with Gasteiger partial charge in [0.15, 0.2) is 5.60 Å². The van der Waals surface area contributed by atoms with Crippen molar-refractivity contribution in [1.29, 1.82) is 0 Å². The van der Waals surface area contributed by atoms with Crippen molar-refractivity contribution < 1.29 is 29.1 Å². The Morgan fingerprint density at radius 3 is 2.50 bits per heavy atom. The van der Waals surface area contributed by atoms with Gasteiger partial charge in [-0.25, -0.2) is 4.79 Å². The van der Waals surface area contributed by atoms with Crippen molar-refractivity contribution >= 4 is 29.4 Å². The topological polar surface area (TPSA) is 119 Å². The zero-order valence-electron chi connectivity index (χ0n) is 14.5. The number of aliphatic carboxylic acids is 1. The SMILES string of the molecule is CC(C)(C)OC(=O)N1CC(CC(=O)O)(Oc2c(Cl)cccc2[N+](=O)[O-])C1. The summed E-state index contributed by atoms with van der Waals surface area (Å²) in [5.41, 5.74) is -2.40. The van der Waals surface area contributed by atoms with Gasteiger partial charge in [-0.15, -0.1) is 0 Å². The number of ether oxygens (including phenoxy) is 2. The molecular formula is C16H19ClN2O7. The summed E-state index contributed by atoms with van der Waals surface area (Å²) in [6, 6.07) is 4.01. The average Bonchev–Trinajstić information content (AvgIpc) is 2.43. The second kappa shape index (κ2) is 6.99. The van der Waals surface area contributed by atoms with Crippen LogP contribution in [-0.4, -0.2) is 51.3 Å². The van der Waals surface area contributed by atoms with Gasteiger partial charge < -0.3 is 14.6 Å². The number of benzene rings is 1. The minimum Gasteiger partial charge on any atom is -0.481 e. The van der Waals surface area contributed by atoms with Crippen LogP contribution in [0.5, 0.6) is 5.75 Å². The van der Waals surface area contributed by atoms with Crippen LogP contribution in [0, 0.1) is 10.1 Å². The number of halogens is 1. The largest absolute Gasteiger partial charge is 0.481 e. The van der Waals surface area contributed by atoms with Crippen molar-refractivity contribution in [3.63, 3.8) is 0 Å². The fourth-order valence-electron chi connectivity index (χ4n) is 2.55. The number of rotatable bonds is 5. The lowest BCUT2D eigenvalue weighted by atomic mass is 9.90. The highest BCUT2D eigenvalue weighted by molar-refractivity contribution is 6.32. The van der Waals surface area contributed by atoms with E-state index in [1.807, 2.05) is 0 Å². The van der Waals surface area contributed by atoms with Crippen molar-refractivity contribution in [2.24, 2.45) is 0 Å². The molecule has 10 heteroatoms. The van der Waals surface area contributed by atoms with Gasteiger partial charge in [-0.3, -0.25) is 19.8 Å². The van der Waals surface area contributed by atoms with Crippen LogP contribution in [0.2, 0.25) is 5.02 Å². The van der Waals surface area contributed by atoms with Crippen molar-refractivity contribution in [1.82, 2.24) is 4.90 Å². The zero-order valence-corrected chi connectivity index (χ0v) is 15.3. The first-order valence-corrected chi connectivity index (χ1v) is 8.12. The van der Waals surface area contributed by atoms with E-state index >= 15 is 0 Å². The summed E-state index contributed by atoms with van der Waals surface area (Å²) in [7, 11) is 0. The summed E-state index contributed by atoms with van der Waals surface area (Å²) in [5.74, 6) is -1.38. The van der Waals surface area contributed by atoms with E-state index < -0.39 is 34.6 Å². The van der Waals surface area contributed by atoms with Crippen molar-refractivity contribution in [2.45, 2.75) is 38.4 Å². The fraction of sp³-hybridized carbons (Fsp3) is 0.500. The highest BCUT2D eigenvalue weighted by Gasteiger charge is 2.51. The number of nitro groups is 1. The van der Waals surface area contributed by atoms with E-state index in [2.05, 4.69) is 0 Å². The molecule has 1 aliphatic heterocycles. The minimum atomic E-state index is -1.32. The van der Waals surface area contributed by atoms with Crippen LogP contribution in [0.25, 0.3) is 0 Å². The summed E-state index contributed by atoms with van der Waals surface area (Å²) in [5, 5.41) is 20.3. The number of carboxylic acid groups (broad SMARTS) is 1. The molecule has 0 aromatic heterocycles. The van der Waals surface area contributed by atoms with Gasteiger partial charge in [-0.1, -0.05) is 17.7 Å². The molecule has 0 radical (unpaired) electrons. The molecular weight excluding hydrogens is 368 g/mol. The van der Waals surface area contributed by atoms with E-state index in [1.54, 1.807) is 20.8 Å². The summed E-state index contributed by atoms with van der Waals surface area (Å²) in [6.45, 7) is 4.95. The Balaban J connectivity index is 2.23. The molecule has 0 atom stereocenters. The Morgan fingerprint density at radius 2 is 2.00 bits per heavy atom. The Morgan fingerprint density at radius 1 is 1.38 bits per heavy atom. The second-order valence-corrected chi connectivity index (χ2v) is 7.44. The minimum absolute atomic E-state index is 0.0142. The molecule has 0 aliphatic carbocycles. The molecule has 1 aliphatic rings. The van der Waals surface area contributed by atoms with Gasteiger partial charge in [-0.2, -0.15) is 0 Å². The zero-order chi connectivity index (χ0) is 19.7. The van der Waals surface area contributed by atoms with E-state index in [-0.39, 0.29) is 29.5 Å². The first-order valence-electron chi connectivity index (χ1n) is 7.74. The summed E-state index contributed by atoms with van der Waals surface area (Å²) < 4.78 is 10.9. The molecule has 0 spiro atoms. The van der Waals surface area contributed by atoms with Crippen molar-refractivity contribution in [3.05, 3.63) is 33.3 Å². The highest BCUT2D eigenvalue weighted by atomic mass is 35.5. The summed E-state index contributed by atoms with van der Waals surface area (Å²) in [4.78, 5) is 35.1. The van der Waals surface area contributed by atoms with Crippen LogP contribution < -0.4 is 4.74 Å². The molecule has 26 heavy (non-hydrogen) atoms. The second-order valence-electron chi connectivity index (χ2n) is 7.04. The van der Waals surface area contributed by atoms with Gasteiger partial charge in [0.25, 0.3) is 0 Å². The molecule has 142 valence electrons. The number of carboxylic acids is 1. The van der Waals surface area contributed by atoms with Gasteiger partial charge in [0.1, 0.15) is 5.60 Å². The molecule has 1 heterocycles. The third-order valence-corrected chi connectivity index (χ3v) is 3.84. The third kappa shape index (κ3) is 4.54. The Labute approximate surface area is 154 Å². The van der Waals surface area contributed by atoms with E-state index in [0.717, 1.165) is 0 Å². The molecule has 0 saturated carbocycles. The summed E-state index contributed by atoms with van der Waals surface area (Å²) >= 11 is 6.00. The average molecular weight is 387 g/mol. The quantitative estimate of drug-likeness (QED) is 0.609. The van der Waals surface area contributed by atoms with Crippen LogP contribution >= 0.6 is 11.6 Å². The molecule has 2 rings (SSSR count). The molecule has 9 nitrogen and oxygen atoms in total. The van der Waals surface area contributed by atoms with Crippen molar-refractivity contribution in [2.75, 3.05) is 13.1 Å². The maximum atomic E-state index is 12.1. The normalized spacial score (nSPS) is 15.8. The smallest absolute Gasteiger partial charge is 0.410 e. The molecule has 0 bridgehead atoms. The standard InChI is InChI=1S/C16H19ClN2O7/c1-15(2,3)26-14(22)18-8-16(9-18,7-12(20)21)25-13-10(17)5-4-6-11(13)19(23)24/h4-6H,7-9H2,1-3H3,(H,20,21). The van der Waals surface area contributed by atoms with Gasteiger partial charge in [-0.05, 0) is 26.8 Å². The fourth-order valence-corrected chi connectivity index (χ4v) is 2.76. The lowest BCUT2D eigenvalue weighted by molar-refractivity contribution is -0.386. The molecule has 1 aromatic carbocycles. The molecule has 1 aromatic rings.